The maximum absolute atomic E-state index is 3.73. The van der Waals surface area contributed by atoms with Gasteiger partial charge in [0, 0.05) is 25.2 Å². The van der Waals surface area contributed by atoms with E-state index in [-0.39, 0.29) is 0 Å². The van der Waals surface area contributed by atoms with Crippen LogP contribution in [0.25, 0.3) is 0 Å². The van der Waals surface area contributed by atoms with Crippen LogP contribution in [0.3, 0.4) is 0 Å². The molecule has 0 saturated carbocycles. The molecule has 3 heteroatoms. The fourth-order valence-electron chi connectivity index (χ4n) is 2.90. The predicted molar refractivity (Wildman–Crippen MR) is 81.4 cm³/mol. The second kappa shape index (κ2) is 7.63. The summed E-state index contributed by atoms with van der Waals surface area (Å²) in [7, 11) is 0. The summed E-state index contributed by atoms with van der Waals surface area (Å²) in [5.74, 6) is 0. The zero-order valence-corrected chi connectivity index (χ0v) is 12.2. The minimum Gasteiger partial charge on any atom is -0.315 e. The number of hydrogen-bond donors (Lipinski definition) is 2. The number of hydrogen-bond acceptors (Lipinski definition) is 3. The first-order valence-electron chi connectivity index (χ1n) is 7.58. The summed E-state index contributed by atoms with van der Waals surface area (Å²) in [5.41, 5.74) is 1.42. The molecule has 0 aromatic heterocycles. The number of nitrogens with zero attached hydrogens (tertiary/aromatic N) is 1. The van der Waals surface area contributed by atoms with Crippen LogP contribution in [-0.2, 0) is 0 Å². The highest BCUT2D eigenvalue weighted by Crippen LogP contribution is 2.19. The first kappa shape index (κ1) is 14.5. The highest BCUT2D eigenvalue weighted by molar-refractivity contribution is 5.19. The zero-order valence-electron chi connectivity index (χ0n) is 12.2. The Morgan fingerprint density at radius 1 is 1.26 bits per heavy atom. The summed E-state index contributed by atoms with van der Waals surface area (Å²) in [6.45, 7) is 9.99. The van der Waals surface area contributed by atoms with Crippen molar-refractivity contribution in [3.05, 3.63) is 35.9 Å². The van der Waals surface area contributed by atoms with E-state index in [2.05, 4.69) is 59.7 Å². The molecular weight excluding hydrogens is 234 g/mol. The molecule has 0 radical (unpaired) electrons. The van der Waals surface area contributed by atoms with Gasteiger partial charge in [0.05, 0.1) is 0 Å². The molecule has 0 amide bonds. The van der Waals surface area contributed by atoms with E-state index in [0.717, 1.165) is 32.7 Å². The van der Waals surface area contributed by atoms with Crippen molar-refractivity contribution >= 4 is 0 Å². The molecule has 2 N–H and O–H groups in total. The standard InChI is InChI=1S/C16H27N3/c1-3-19(4-2)16(14-8-6-5-7-9-14)13-18-15-10-11-17-12-15/h5-9,15-18H,3-4,10-13H2,1-2H3. The van der Waals surface area contributed by atoms with Crippen molar-refractivity contribution in [2.45, 2.75) is 32.4 Å². The molecule has 0 bridgehead atoms. The molecule has 1 aliphatic rings. The highest BCUT2D eigenvalue weighted by Gasteiger charge is 2.20. The Hall–Kier alpha value is -0.900. The molecule has 2 atom stereocenters. The van der Waals surface area contributed by atoms with Crippen molar-refractivity contribution in [3.8, 4) is 0 Å². The Morgan fingerprint density at radius 3 is 2.58 bits per heavy atom. The Kier molecular flexibility index (Phi) is 5.83. The molecule has 3 nitrogen and oxygen atoms in total. The summed E-state index contributed by atoms with van der Waals surface area (Å²) in [4.78, 5) is 2.53. The summed E-state index contributed by atoms with van der Waals surface area (Å²) in [6.07, 6.45) is 1.25. The summed E-state index contributed by atoms with van der Waals surface area (Å²) in [5, 5.41) is 7.14. The van der Waals surface area contributed by atoms with E-state index in [0.29, 0.717) is 12.1 Å². The van der Waals surface area contributed by atoms with E-state index in [9.17, 15) is 0 Å². The van der Waals surface area contributed by atoms with Crippen LogP contribution in [0.5, 0.6) is 0 Å². The lowest BCUT2D eigenvalue weighted by Crippen LogP contribution is -2.40. The number of nitrogens with one attached hydrogen (secondary N) is 2. The van der Waals surface area contributed by atoms with Gasteiger partial charge in [0.15, 0.2) is 0 Å². The topological polar surface area (TPSA) is 27.3 Å². The third kappa shape index (κ3) is 4.03. The smallest absolute Gasteiger partial charge is 0.0472 e. The predicted octanol–water partition coefficient (Wildman–Crippen LogP) is 2.02. The van der Waals surface area contributed by atoms with Crippen LogP contribution in [0, 0.1) is 0 Å². The molecule has 1 saturated heterocycles. The van der Waals surface area contributed by atoms with Crippen LogP contribution in [0.15, 0.2) is 30.3 Å². The van der Waals surface area contributed by atoms with Gasteiger partial charge in [0.1, 0.15) is 0 Å². The lowest BCUT2D eigenvalue weighted by atomic mass is 10.0. The van der Waals surface area contributed by atoms with Gasteiger partial charge in [-0.3, -0.25) is 4.90 Å². The average molecular weight is 261 g/mol. The molecule has 1 heterocycles. The Labute approximate surface area is 117 Å². The zero-order chi connectivity index (χ0) is 13.5. The average Bonchev–Trinajstić information content (AvgIpc) is 2.97. The molecule has 0 spiro atoms. The molecule has 106 valence electrons. The summed E-state index contributed by atoms with van der Waals surface area (Å²) < 4.78 is 0. The van der Waals surface area contributed by atoms with Crippen LogP contribution in [0.1, 0.15) is 31.9 Å². The van der Waals surface area contributed by atoms with Crippen molar-refractivity contribution in [1.29, 1.82) is 0 Å². The SMILES string of the molecule is CCN(CC)C(CNC1CCNC1)c1ccccc1. The largest absolute Gasteiger partial charge is 0.315 e. The minimum absolute atomic E-state index is 0.483. The molecule has 2 rings (SSSR count). The molecule has 19 heavy (non-hydrogen) atoms. The molecule has 1 aliphatic heterocycles. The molecule has 0 aliphatic carbocycles. The second-order valence-corrected chi connectivity index (χ2v) is 5.25. The van der Waals surface area contributed by atoms with E-state index in [1.54, 1.807) is 0 Å². The highest BCUT2D eigenvalue weighted by atomic mass is 15.2. The lowest BCUT2D eigenvalue weighted by Gasteiger charge is -2.31. The first-order valence-corrected chi connectivity index (χ1v) is 7.58. The van der Waals surface area contributed by atoms with Gasteiger partial charge in [-0.25, -0.2) is 0 Å². The van der Waals surface area contributed by atoms with E-state index < -0.39 is 0 Å². The number of benzene rings is 1. The van der Waals surface area contributed by atoms with Crippen molar-refractivity contribution in [2.24, 2.45) is 0 Å². The normalized spacial score (nSPS) is 20.9. The maximum atomic E-state index is 3.73. The molecule has 1 fully saturated rings. The second-order valence-electron chi connectivity index (χ2n) is 5.25. The van der Waals surface area contributed by atoms with Crippen LogP contribution >= 0.6 is 0 Å². The Bertz CT molecular complexity index is 342. The number of rotatable bonds is 7. The van der Waals surface area contributed by atoms with Crippen LogP contribution in [-0.4, -0.2) is 43.7 Å². The Morgan fingerprint density at radius 2 is 2.00 bits per heavy atom. The van der Waals surface area contributed by atoms with E-state index in [1.807, 2.05) is 0 Å². The maximum Gasteiger partial charge on any atom is 0.0472 e. The fraction of sp³-hybridized carbons (Fsp3) is 0.625. The van der Waals surface area contributed by atoms with E-state index >= 15 is 0 Å². The summed E-state index contributed by atoms with van der Waals surface area (Å²) in [6, 6.07) is 12.0. The first-order chi connectivity index (χ1) is 9.35. The van der Waals surface area contributed by atoms with Gasteiger partial charge in [0.25, 0.3) is 0 Å². The van der Waals surface area contributed by atoms with Gasteiger partial charge in [-0.05, 0) is 31.6 Å². The van der Waals surface area contributed by atoms with E-state index in [4.69, 9.17) is 0 Å². The van der Waals surface area contributed by atoms with Gasteiger partial charge in [-0.2, -0.15) is 0 Å². The monoisotopic (exact) mass is 261 g/mol. The third-order valence-electron chi connectivity index (χ3n) is 4.10. The Balaban J connectivity index is 2.01. The van der Waals surface area contributed by atoms with Crippen LogP contribution in [0.4, 0.5) is 0 Å². The molecule has 1 aromatic rings. The van der Waals surface area contributed by atoms with Gasteiger partial charge >= 0.3 is 0 Å². The van der Waals surface area contributed by atoms with Crippen molar-refractivity contribution in [3.63, 3.8) is 0 Å². The van der Waals surface area contributed by atoms with Crippen molar-refractivity contribution < 1.29 is 0 Å². The van der Waals surface area contributed by atoms with Crippen LogP contribution < -0.4 is 10.6 Å². The molecule has 1 aromatic carbocycles. The van der Waals surface area contributed by atoms with Gasteiger partial charge in [-0.1, -0.05) is 44.2 Å². The van der Waals surface area contributed by atoms with Crippen molar-refractivity contribution in [2.75, 3.05) is 32.7 Å². The van der Waals surface area contributed by atoms with E-state index in [1.165, 1.54) is 12.0 Å². The fourth-order valence-corrected chi connectivity index (χ4v) is 2.90. The third-order valence-corrected chi connectivity index (χ3v) is 4.10. The van der Waals surface area contributed by atoms with Crippen LogP contribution in [0.2, 0.25) is 0 Å². The number of likely N-dealkylation sites (N-methyl/N-ethyl adjacent to an activating group) is 1. The quantitative estimate of drug-likeness (QED) is 0.786. The van der Waals surface area contributed by atoms with Gasteiger partial charge in [-0.15, -0.1) is 0 Å². The van der Waals surface area contributed by atoms with Gasteiger partial charge in [0.2, 0.25) is 0 Å². The molecular formula is C16H27N3. The summed E-state index contributed by atoms with van der Waals surface area (Å²) >= 11 is 0. The van der Waals surface area contributed by atoms with Gasteiger partial charge < -0.3 is 10.6 Å². The lowest BCUT2D eigenvalue weighted by molar-refractivity contribution is 0.209. The molecule has 2 unspecified atom stereocenters. The minimum atomic E-state index is 0.483. The van der Waals surface area contributed by atoms with Crippen molar-refractivity contribution in [1.82, 2.24) is 15.5 Å².